The van der Waals surface area contributed by atoms with Gasteiger partial charge in [-0.25, -0.2) is 4.79 Å². The fourth-order valence-electron chi connectivity index (χ4n) is 4.11. The van der Waals surface area contributed by atoms with Crippen molar-refractivity contribution in [1.82, 2.24) is 10.6 Å². The van der Waals surface area contributed by atoms with Crippen LogP contribution in [0.1, 0.15) is 52.5 Å². The van der Waals surface area contributed by atoms with Gasteiger partial charge in [-0.15, -0.1) is 0 Å². The van der Waals surface area contributed by atoms with E-state index < -0.39 is 41.9 Å². The van der Waals surface area contributed by atoms with Crippen LogP contribution in [0.5, 0.6) is 0 Å². The van der Waals surface area contributed by atoms with E-state index in [0.29, 0.717) is 0 Å². The van der Waals surface area contributed by atoms with E-state index >= 15 is 0 Å². The molecule has 1 aromatic carbocycles. The fraction of sp³-hybridized carbons (Fsp3) is 0.600. The topological polar surface area (TPSA) is 111 Å². The van der Waals surface area contributed by atoms with Gasteiger partial charge < -0.3 is 20.1 Å². The monoisotopic (exact) mass is 458 g/mol. The Morgan fingerprint density at radius 2 is 1.64 bits per heavy atom. The van der Waals surface area contributed by atoms with Crippen LogP contribution >= 0.6 is 0 Å². The number of nitrogens with one attached hydrogen (secondary N) is 2. The van der Waals surface area contributed by atoms with Crippen LogP contribution in [0.4, 0.5) is 0 Å². The van der Waals surface area contributed by atoms with E-state index in [9.17, 15) is 19.2 Å². The number of carbonyl (C=O) groups is 4. The highest BCUT2D eigenvalue weighted by Gasteiger charge is 2.53. The molecule has 3 rings (SSSR count). The van der Waals surface area contributed by atoms with Crippen molar-refractivity contribution in [1.29, 1.82) is 0 Å². The highest BCUT2D eigenvalue weighted by Crippen LogP contribution is 2.41. The fourth-order valence-corrected chi connectivity index (χ4v) is 4.11. The summed E-state index contributed by atoms with van der Waals surface area (Å²) in [6.45, 7) is 7.35. The number of ether oxygens (including phenoxy) is 2. The first-order valence-corrected chi connectivity index (χ1v) is 11.7. The van der Waals surface area contributed by atoms with Crippen molar-refractivity contribution in [2.45, 2.75) is 71.8 Å². The second-order valence-electron chi connectivity index (χ2n) is 9.63. The molecule has 1 aliphatic heterocycles. The summed E-state index contributed by atoms with van der Waals surface area (Å²) in [5.74, 6) is -2.51. The molecule has 4 atom stereocenters. The number of hydrogen-bond donors (Lipinski definition) is 2. The van der Waals surface area contributed by atoms with Crippen LogP contribution in [0.2, 0.25) is 0 Å². The van der Waals surface area contributed by atoms with Gasteiger partial charge in [0.2, 0.25) is 5.91 Å². The third kappa shape index (κ3) is 5.92. The van der Waals surface area contributed by atoms with Crippen molar-refractivity contribution in [2.75, 3.05) is 0 Å². The molecule has 1 aromatic rings. The molecule has 2 amide bonds. The van der Waals surface area contributed by atoms with Gasteiger partial charge in [0.15, 0.2) is 6.10 Å². The molecule has 1 saturated carbocycles. The number of esters is 2. The summed E-state index contributed by atoms with van der Waals surface area (Å²) in [4.78, 5) is 50.4. The maximum atomic E-state index is 13.0. The highest BCUT2D eigenvalue weighted by molar-refractivity contribution is 5.97. The molecule has 1 aliphatic carbocycles. The minimum atomic E-state index is -0.873. The maximum Gasteiger partial charge on any atom is 0.329 e. The number of amides is 2. The van der Waals surface area contributed by atoms with Gasteiger partial charge in [-0.2, -0.15) is 0 Å². The molecule has 180 valence electrons. The Labute approximate surface area is 194 Å². The molecule has 0 bridgehead atoms. The standard InChI is InChI=1S/C25H34N2O6/c1-14(2)19(26-23(29)21-18(24(30)33-21)17-11-8-12-17)22(28)27-20(15(3)4)25(31)32-13-16-9-6-5-7-10-16/h5-7,9-10,14-15,17-21H,8,11-13H2,1-4H3,(H,26,29)(H,27,28). The quantitative estimate of drug-likeness (QED) is 0.521. The first kappa shape index (κ1) is 24.7. The molecule has 1 saturated heterocycles. The smallest absolute Gasteiger partial charge is 0.329 e. The highest BCUT2D eigenvalue weighted by atomic mass is 16.6. The minimum absolute atomic E-state index is 0.110. The number of hydrogen-bond acceptors (Lipinski definition) is 6. The van der Waals surface area contributed by atoms with E-state index in [1.807, 2.05) is 44.2 Å². The lowest BCUT2D eigenvalue weighted by Crippen LogP contribution is -2.62. The summed E-state index contributed by atoms with van der Waals surface area (Å²) in [5, 5.41) is 5.48. The lowest BCUT2D eigenvalue weighted by Gasteiger charge is -2.42. The van der Waals surface area contributed by atoms with Crippen LogP contribution in [0, 0.1) is 23.7 Å². The summed E-state index contributed by atoms with van der Waals surface area (Å²) >= 11 is 0. The maximum absolute atomic E-state index is 13.0. The molecule has 0 aromatic heterocycles. The molecule has 8 heteroatoms. The van der Waals surface area contributed by atoms with Crippen LogP contribution in [-0.4, -0.2) is 41.9 Å². The molecular formula is C25H34N2O6. The Morgan fingerprint density at radius 3 is 2.15 bits per heavy atom. The van der Waals surface area contributed by atoms with Gasteiger partial charge in [-0.05, 0) is 36.2 Å². The predicted octanol–water partition coefficient (Wildman–Crippen LogP) is 2.35. The Morgan fingerprint density at radius 1 is 1.00 bits per heavy atom. The summed E-state index contributed by atoms with van der Waals surface area (Å²) in [5.41, 5.74) is 0.850. The lowest BCUT2D eigenvalue weighted by molar-refractivity contribution is -0.197. The molecule has 33 heavy (non-hydrogen) atoms. The lowest BCUT2D eigenvalue weighted by atomic mass is 9.71. The van der Waals surface area contributed by atoms with Gasteiger partial charge in [0.05, 0.1) is 0 Å². The second-order valence-corrected chi connectivity index (χ2v) is 9.63. The minimum Gasteiger partial charge on any atom is -0.459 e. The zero-order valence-corrected chi connectivity index (χ0v) is 19.7. The van der Waals surface area contributed by atoms with E-state index in [0.717, 1.165) is 24.8 Å². The summed E-state index contributed by atoms with van der Waals surface area (Å²) in [7, 11) is 0. The summed E-state index contributed by atoms with van der Waals surface area (Å²) in [6.07, 6.45) is 2.03. The molecule has 4 unspecified atom stereocenters. The van der Waals surface area contributed by atoms with E-state index in [4.69, 9.17) is 9.47 Å². The van der Waals surface area contributed by atoms with Gasteiger partial charge in [-0.3, -0.25) is 14.4 Å². The molecular weight excluding hydrogens is 424 g/mol. The van der Waals surface area contributed by atoms with E-state index in [1.54, 1.807) is 13.8 Å². The van der Waals surface area contributed by atoms with Gasteiger partial charge in [0.25, 0.3) is 5.91 Å². The number of rotatable bonds is 10. The van der Waals surface area contributed by atoms with Crippen molar-refractivity contribution in [3.05, 3.63) is 35.9 Å². The molecule has 2 N–H and O–H groups in total. The van der Waals surface area contributed by atoms with Crippen molar-refractivity contribution < 1.29 is 28.7 Å². The Bertz CT molecular complexity index is 865. The van der Waals surface area contributed by atoms with E-state index in [-0.39, 0.29) is 30.3 Å². The van der Waals surface area contributed by atoms with Crippen molar-refractivity contribution in [2.24, 2.45) is 23.7 Å². The first-order chi connectivity index (χ1) is 15.7. The molecule has 2 aliphatic rings. The van der Waals surface area contributed by atoms with Crippen LogP contribution in [0.15, 0.2) is 30.3 Å². The van der Waals surface area contributed by atoms with E-state index in [2.05, 4.69) is 10.6 Å². The van der Waals surface area contributed by atoms with Crippen LogP contribution in [0.25, 0.3) is 0 Å². The van der Waals surface area contributed by atoms with E-state index in [1.165, 1.54) is 0 Å². The summed E-state index contributed by atoms with van der Waals surface area (Å²) in [6, 6.07) is 7.56. The molecule has 2 fully saturated rings. The van der Waals surface area contributed by atoms with Crippen LogP contribution in [-0.2, 0) is 35.3 Å². The molecule has 0 radical (unpaired) electrons. The first-order valence-electron chi connectivity index (χ1n) is 11.7. The van der Waals surface area contributed by atoms with Crippen molar-refractivity contribution in [3.63, 3.8) is 0 Å². The number of cyclic esters (lactones) is 1. The van der Waals surface area contributed by atoms with Crippen molar-refractivity contribution in [3.8, 4) is 0 Å². The average Bonchev–Trinajstić information content (AvgIpc) is 2.74. The zero-order valence-electron chi connectivity index (χ0n) is 19.7. The molecule has 1 heterocycles. The second kappa shape index (κ2) is 10.8. The predicted molar refractivity (Wildman–Crippen MR) is 120 cm³/mol. The largest absolute Gasteiger partial charge is 0.459 e. The number of carbonyl (C=O) groups excluding carboxylic acids is 4. The normalized spacial score (nSPS) is 21.9. The van der Waals surface area contributed by atoms with Crippen LogP contribution in [0.3, 0.4) is 0 Å². The summed E-state index contributed by atoms with van der Waals surface area (Å²) < 4.78 is 10.5. The molecule has 8 nitrogen and oxygen atoms in total. The Balaban J connectivity index is 1.59. The van der Waals surface area contributed by atoms with Gasteiger partial charge in [0, 0.05) is 0 Å². The van der Waals surface area contributed by atoms with Gasteiger partial charge in [-0.1, -0.05) is 64.4 Å². The van der Waals surface area contributed by atoms with Crippen LogP contribution < -0.4 is 10.6 Å². The Hall–Kier alpha value is -2.90. The zero-order chi connectivity index (χ0) is 24.1. The Kier molecular flexibility index (Phi) is 8.10. The molecule has 0 spiro atoms. The van der Waals surface area contributed by atoms with Gasteiger partial charge >= 0.3 is 11.9 Å². The average molecular weight is 459 g/mol. The van der Waals surface area contributed by atoms with Crippen molar-refractivity contribution >= 4 is 23.8 Å². The third-order valence-corrected chi connectivity index (χ3v) is 6.45. The van der Waals surface area contributed by atoms with Gasteiger partial charge in [0.1, 0.15) is 24.6 Å². The SMILES string of the molecule is CC(C)C(NC(=O)C1OC(=O)C1C1CCC1)C(=O)NC(C(=O)OCc1ccccc1)C(C)C. The third-order valence-electron chi connectivity index (χ3n) is 6.45. The number of benzene rings is 1.